The Hall–Kier alpha value is 0.320. The van der Waals surface area contributed by atoms with Gasteiger partial charge in [0.15, 0.2) is 0 Å². The quantitative estimate of drug-likeness (QED) is 0.324. The summed E-state index contributed by atoms with van der Waals surface area (Å²) in [6, 6.07) is 5.67. The molecule has 21 heavy (non-hydrogen) atoms. The van der Waals surface area contributed by atoms with Crippen LogP contribution in [0.15, 0.2) is 40.1 Å². The van der Waals surface area contributed by atoms with Gasteiger partial charge in [0.2, 0.25) is 0 Å². The van der Waals surface area contributed by atoms with Gasteiger partial charge in [-0.3, -0.25) is 0 Å². The molecule has 0 aromatic heterocycles. The number of fused-ring (bicyclic) bond motifs is 1. The first-order valence-corrected chi connectivity index (χ1v) is 7.67. The van der Waals surface area contributed by atoms with E-state index in [1.807, 2.05) is 0 Å². The smallest absolute Gasteiger partial charge is 0.744 e. The fourth-order valence-electron chi connectivity index (χ4n) is 1.82. The number of hydrogen-bond acceptors (Lipinski definition) is 7. The van der Waals surface area contributed by atoms with Crippen LogP contribution in [0.1, 0.15) is 0 Å². The number of benzene rings is 2. The van der Waals surface area contributed by atoms with E-state index in [2.05, 4.69) is 0 Å². The number of hydrogen-bond donors (Lipinski definition) is 1. The first-order valence-electron chi connectivity index (χ1n) is 4.85. The molecule has 11 heteroatoms. The monoisotopic (exact) mass is 347 g/mol. The third kappa shape index (κ3) is 4.41. The van der Waals surface area contributed by atoms with Gasteiger partial charge in [-0.05, 0) is 12.1 Å². The van der Waals surface area contributed by atoms with Gasteiger partial charge in [0.25, 0.3) is 0 Å². The van der Waals surface area contributed by atoms with Crippen molar-refractivity contribution in [2.24, 2.45) is 0 Å². The summed E-state index contributed by atoms with van der Waals surface area (Å²) in [5.41, 5.74) is 5.12. The Labute approximate surface area is 166 Å². The standard InChI is InChI=1S/C10H9NO6S2.2Na/c11-8-5-4-6-7(10(8)19(15,16)17)2-1-3-9(6)18(12,13)14;;/h1-5H,11H2,(H,12,13,14)(H,15,16,17);;/q;2*+1/p-2. The van der Waals surface area contributed by atoms with Crippen molar-refractivity contribution in [1.82, 2.24) is 0 Å². The van der Waals surface area contributed by atoms with E-state index >= 15 is 0 Å². The van der Waals surface area contributed by atoms with Gasteiger partial charge in [0.05, 0.1) is 9.79 Å². The molecule has 0 aliphatic rings. The second-order valence-corrected chi connectivity index (χ2v) is 6.41. The zero-order chi connectivity index (χ0) is 14.4. The fourth-order valence-corrected chi connectivity index (χ4v) is 3.31. The van der Waals surface area contributed by atoms with Gasteiger partial charge >= 0.3 is 59.1 Å². The van der Waals surface area contributed by atoms with E-state index in [4.69, 9.17) is 5.73 Å². The van der Waals surface area contributed by atoms with Gasteiger partial charge in [0, 0.05) is 16.5 Å². The molecule has 2 aromatic carbocycles. The molecule has 0 bridgehead atoms. The summed E-state index contributed by atoms with van der Waals surface area (Å²) in [6.07, 6.45) is 0. The van der Waals surface area contributed by atoms with E-state index in [-0.39, 0.29) is 75.6 Å². The van der Waals surface area contributed by atoms with Crippen LogP contribution < -0.4 is 64.8 Å². The Bertz CT molecular complexity index is 880. The van der Waals surface area contributed by atoms with Crippen molar-refractivity contribution in [3.8, 4) is 0 Å². The van der Waals surface area contributed by atoms with Crippen molar-refractivity contribution >= 4 is 36.7 Å². The zero-order valence-corrected chi connectivity index (χ0v) is 16.9. The Balaban J connectivity index is 0.00000200. The molecule has 0 saturated heterocycles. The molecule has 2 aromatic rings. The second-order valence-electron chi connectivity index (χ2n) is 3.74. The summed E-state index contributed by atoms with van der Waals surface area (Å²) < 4.78 is 66.7. The summed E-state index contributed by atoms with van der Waals surface area (Å²) in [4.78, 5) is -1.33. The van der Waals surface area contributed by atoms with Crippen molar-refractivity contribution in [3.63, 3.8) is 0 Å². The normalized spacial score (nSPS) is 11.5. The maximum Gasteiger partial charge on any atom is 1.00 e. The van der Waals surface area contributed by atoms with Gasteiger partial charge in [-0.2, -0.15) is 0 Å². The maximum absolute atomic E-state index is 11.2. The molecule has 102 valence electrons. The van der Waals surface area contributed by atoms with Gasteiger partial charge < -0.3 is 14.8 Å². The predicted octanol–water partition coefficient (Wildman–Crippen LogP) is -5.76. The van der Waals surface area contributed by atoms with Crippen molar-refractivity contribution < 1.29 is 85.1 Å². The third-order valence-electron chi connectivity index (χ3n) is 2.52. The van der Waals surface area contributed by atoms with E-state index in [1.165, 1.54) is 18.2 Å². The van der Waals surface area contributed by atoms with Gasteiger partial charge in [0.1, 0.15) is 20.2 Å². The summed E-state index contributed by atoms with van der Waals surface area (Å²) in [7, 11) is -9.69. The van der Waals surface area contributed by atoms with Gasteiger partial charge in [-0.15, -0.1) is 0 Å². The molecule has 0 fully saturated rings. The van der Waals surface area contributed by atoms with Crippen LogP contribution in [0, 0.1) is 0 Å². The van der Waals surface area contributed by atoms with E-state index in [1.54, 1.807) is 0 Å². The molecule has 0 radical (unpaired) electrons. The largest absolute Gasteiger partial charge is 1.00 e. The fraction of sp³-hybridized carbons (Fsp3) is 0. The van der Waals surface area contributed by atoms with Crippen LogP contribution in [0.3, 0.4) is 0 Å². The third-order valence-corrected chi connectivity index (χ3v) is 4.37. The van der Waals surface area contributed by atoms with Crippen LogP contribution in [-0.2, 0) is 20.2 Å². The molecule has 7 nitrogen and oxygen atoms in total. The Morgan fingerprint density at radius 3 is 1.86 bits per heavy atom. The van der Waals surface area contributed by atoms with Crippen LogP contribution in [0.5, 0.6) is 0 Å². The molecule has 0 aliphatic carbocycles. The van der Waals surface area contributed by atoms with Crippen molar-refractivity contribution in [2.45, 2.75) is 9.79 Å². The van der Waals surface area contributed by atoms with E-state index in [0.717, 1.165) is 12.1 Å². The molecule has 0 amide bonds. The molecule has 0 aliphatic heterocycles. The van der Waals surface area contributed by atoms with Crippen LogP contribution in [0.4, 0.5) is 5.69 Å². The zero-order valence-electron chi connectivity index (χ0n) is 11.2. The second kappa shape index (κ2) is 7.26. The van der Waals surface area contributed by atoms with Crippen molar-refractivity contribution in [3.05, 3.63) is 30.3 Å². The predicted molar refractivity (Wildman–Crippen MR) is 64.3 cm³/mol. The number of nitrogen functional groups attached to an aromatic ring is 1. The van der Waals surface area contributed by atoms with Crippen LogP contribution >= 0.6 is 0 Å². The van der Waals surface area contributed by atoms with Crippen molar-refractivity contribution in [2.75, 3.05) is 5.73 Å². The number of anilines is 1. The first kappa shape index (κ1) is 21.3. The minimum Gasteiger partial charge on any atom is -0.744 e. The average molecular weight is 347 g/mol. The maximum atomic E-state index is 11.2. The van der Waals surface area contributed by atoms with Crippen LogP contribution in [0.25, 0.3) is 10.8 Å². The summed E-state index contributed by atoms with van der Waals surface area (Å²) in [5, 5.41) is -0.340. The van der Waals surface area contributed by atoms with Crippen LogP contribution in [0.2, 0.25) is 0 Å². The molecule has 2 rings (SSSR count). The number of nitrogens with two attached hydrogens (primary N) is 1. The Kier molecular flexibility index (Phi) is 7.37. The first-order chi connectivity index (χ1) is 8.62. The Morgan fingerprint density at radius 2 is 1.38 bits per heavy atom. The van der Waals surface area contributed by atoms with E-state index < -0.39 is 30.0 Å². The van der Waals surface area contributed by atoms with Gasteiger partial charge in [-0.25, -0.2) is 16.8 Å². The minimum absolute atomic E-state index is 0. The molecule has 2 N–H and O–H groups in total. The van der Waals surface area contributed by atoms with Crippen LogP contribution in [-0.4, -0.2) is 25.9 Å². The molecule has 0 saturated carbocycles. The summed E-state index contributed by atoms with van der Waals surface area (Å²) >= 11 is 0. The molecular formula is C10H7NNa2O6S2. The number of rotatable bonds is 2. The Morgan fingerprint density at radius 1 is 0.810 bits per heavy atom. The SMILES string of the molecule is Nc1ccc2c(S(=O)(=O)[O-])cccc2c1S(=O)(=O)[O-].[Na+].[Na+]. The van der Waals surface area contributed by atoms with E-state index in [0.29, 0.717) is 0 Å². The minimum atomic E-state index is -4.89. The molecule has 0 unspecified atom stereocenters. The summed E-state index contributed by atoms with van der Waals surface area (Å²) in [6.45, 7) is 0. The van der Waals surface area contributed by atoms with Crippen molar-refractivity contribution in [1.29, 1.82) is 0 Å². The molecule has 0 atom stereocenters. The topological polar surface area (TPSA) is 140 Å². The molecular weight excluding hydrogens is 340 g/mol. The molecule has 0 spiro atoms. The summed E-state index contributed by atoms with van der Waals surface area (Å²) in [5.74, 6) is 0. The average Bonchev–Trinajstić information content (AvgIpc) is 2.24. The molecule has 0 heterocycles. The van der Waals surface area contributed by atoms with E-state index in [9.17, 15) is 25.9 Å². The van der Waals surface area contributed by atoms with Gasteiger partial charge in [-0.1, -0.05) is 18.2 Å².